The molecule has 2 aliphatic heterocycles. The van der Waals surface area contributed by atoms with Crippen molar-refractivity contribution in [2.24, 2.45) is 0 Å². The average Bonchev–Trinajstić information content (AvgIpc) is 2.68. The Kier molecular flexibility index (Phi) is 6.43. The van der Waals surface area contributed by atoms with Crippen molar-refractivity contribution in [2.45, 2.75) is 23.8 Å². The van der Waals surface area contributed by atoms with Gasteiger partial charge < -0.3 is 10.1 Å². The first kappa shape index (κ1) is 21.9. The van der Waals surface area contributed by atoms with Crippen LogP contribution in [0.4, 0.5) is 11.4 Å². The number of anilines is 1. The van der Waals surface area contributed by atoms with Gasteiger partial charge in [0, 0.05) is 38.3 Å². The number of rotatable bonds is 6. The van der Waals surface area contributed by atoms with E-state index in [2.05, 4.69) is 5.32 Å². The molecule has 0 bridgehead atoms. The van der Waals surface area contributed by atoms with Crippen molar-refractivity contribution in [3.05, 3.63) is 28.3 Å². The summed E-state index contributed by atoms with van der Waals surface area (Å²) in [5, 5.41) is 14.6. The molecule has 0 aromatic heterocycles. The number of nitrogens with one attached hydrogen (secondary N) is 1. The summed E-state index contributed by atoms with van der Waals surface area (Å²) in [6.45, 7) is 1.55. The minimum Gasteiger partial charge on any atom is -0.379 e. The summed E-state index contributed by atoms with van der Waals surface area (Å²) in [7, 11) is -7.21. The molecule has 2 heterocycles. The highest BCUT2D eigenvalue weighted by molar-refractivity contribution is 7.89. The predicted octanol–water partition coefficient (Wildman–Crippen LogP) is 0.452. The van der Waals surface area contributed by atoms with Gasteiger partial charge in [-0.05, 0) is 25.0 Å². The average molecular weight is 449 g/mol. The molecule has 1 aromatic carbocycles. The summed E-state index contributed by atoms with van der Waals surface area (Å²) >= 11 is 0. The fourth-order valence-corrected chi connectivity index (χ4v) is 5.80. The van der Waals surface area contributed by atoms with Crippen LogP contribution in [0.25, 0.3) is 0 Å². The minimum atomic E-state index is -3.86. The van der Waals surface area contributed by atoms with E-state index in [-0.39, 0.29) is 55.2 Å². The predicted molar refractivity (Wildman–Crippen MR) is 106 cm³/mol. The Hall–Kier alpha value is -1.80. The molecular weight excluding hydrogens is 424 g/mol. The zero-order valence-electron chi connectivity index (χ0n) is 16.0. The molecule has 0 amide bonds. The van der Waals surface area contributed by atoms with Crippen LogP contribution in [0.5, 0.6) is 0 Å². The highest BCUT2D eigenvalue weighted by Gasteiger charge is 2.31. The van der Waals surface area contributed by atoms with Gasteiger partial charge in [0.05, 0.1) is 29.3 Å². The molecular formula is C16H24N4O7S2. The van der Waals surface area contributed by atoms with Gasteiger partial charge in [0.1, 0.15) is 5.69 Å². The lowest BCUT2D eigenvalue weighted by molar-refractivity contribution is -0.384. The number of ether oxygens (including phenoxy) is 1. The van der Waals surface area contributed by atoms with Crippen LogP contribution in [0.2, 0.25) is 0 Å². The van der Waals surface area contributed by atoms with Gasteiger partial charge in [-0.25, -0.2) is 21.1 Å². The van der Waals surface area contributed by atoms with Gasteiger partial charge >= 0.3 is 0 Å². The van der Waals surface area contributed by atoms with Crippen molar-refractivity contribution in [2.75, 3.05) is 51.0 Å². The van der Waals surface area contributed by atoms with E-state index < -0.39 is 25.0 Å². The third-order valence-corrected chi connectivity index (χ3v) is 8.15. The van der Waals surface area contributed by atoms with Crippen molar-refractivity contribution < 1.29 is 26.5 Å². The molecule has 29 heavy (non-hydrogen) atoms. The Labute approximate surface area is 169 Å². The van der Waals surface area contributed by atoms with E-state index in [0.29, 0.717) is 19.4 Å². The van der Waals surface area contributed by atoms with Crippen LogP contribution >= 0.6 is 0 Å². The number of hydrogen-bond donors (Lipinski definition) is 1. The first-order valence-corrected chi connectivity index (χ1v) is 12.5. The van der Waals surface area contributed by atoms with Gasteiger partial charge in [0.2, 0.25) is 20.0 Å². The number of piperidine rings is 1. The topological polar surface area (TPSA) is 139 Å². The Bertz CT molecular complexity index is 975. The first-order chi connectivity index (χ1) is 13.6. The molecule has 2 fully saturated rings. The highest BCUT2D eigenvalue weighted by Crippen LogP contribution is 2.31. The monoisotopic (exact) mass is 448 g/mol. The van der Waals surface area contributed by atoms with Crippen molar-refractivity contribution >= 4 is 31.4 Å². The van der Waals surface area contributed by atoms with E-state index in [4.69, 9.17) is 4.74 Å². The summed E-state index contributed by atoms with van der Waals surface area (Å²) in [6.07, 6.45) is 2.40. The van der Waals surface area contributed by atoms with E-state index in [1.54, 1.807) is 0 Å². The minimum absolute atomic E-state index is 0.155. The first-order valence-electron chi connectivity index (χ1n) is 9.17. The molecule has 0 aliphatic carbocycles. The van der Waals surface area contributed by atoms with E-state index in [9.17, 15) is 26.9 Å². The molecule has 1 unspecified atom stereocenters. The van der Waals surface area contributed by atoms with E-state index in [0.717, 1.165) is 12.3 Å². The molecule has 13 heteroatoms. The van der Waals surface area contributed by atoms with Crippen LogP contribution in [-0.4, -0.2) is 82.1 Å². The zero-order chi connectivity index (χ0) is 21.2. The lowest BCUT2D eigenvalue weighted by Gasteiger charge is -2.32. The van der Waals surface area contributed by atoms with Crippen LogP contribution in [0.15, 0.2) is 23.1 Å². The summed E-state index contributed by atoms with van der Waals surface area (Å²) in [4.78, 5) is 10.8. The second-order valence-corrected chi connectivity index (χ2v) is 11.0. The van der Waals surface area contributed by atoms with Crippen LogP contribution in [-0.2, 0) is 24.8 Å². The van der Waals surface area contributed by atoms with Gasteiger partial charge in [0.15, 0.2) is 0 Å². The van der Waals surface area contributed by atoms with Crippen molar-refractivity contribution in [1.82, 2.24) is 8.61 Å². The third-order valence-electron chi connectivity index (χ3n) is 4.99. The standard InChI is InChI=1S/C16H24N4O7S2/c1-28(23,24)19-6-2-3-13(12-19)17-15-5-4-14(11-16(15)20(21)22)29(25,26)18-7-9-27-10-8-18/h4-5,11,13,17H,2-3,6-10,12H2,1H3. The fourth-order valence-electron chi connectivity index (χ4n) is 3.46. The van der Waals surface area contributed by atoms with E-state index in [1.165, 1.54) is 20.7 Å². The molecule has 2 aliphatic rings. The van der Waals surface area contributed by atoms with Crippen LogP contribution < -0.4 is 5.32 Å². The molecule has 1 N–H and O–H groups in total. The Morgan fingerprint density at radius 3 is 2.45 bits per heavy atom. The zero-order valence-corrected chi connectivity index (χ0v) is 17.6. The largest absolute Gasteiger partial charge is 0.379 e. The Morgan fingerprint density at radius 2 is 1.83 bits per heavy atom. The number of nitro groups is 1. The van der Waals surface area contributed by atoms with Gasteiger partial charge in [-0.3, -0.25) is 10.1 Å². The van der Waals surface area contributed by atoms with Gasteiger partial charge in [-0.1, -0.05) is 0 Å². The normalized spacial score (nSPS) is 22.3. The molecule has 0 spiro atoms. The van der Waals surface area contributed by atoms with Crippen molar-refractivity contribution in [3.8, 4) is 0 Å². The van der Waals surface area contributed by atoms with E-state index >= 15 is 0 Å². The van der Waals surface area contributed by atoms with Crippen molar-refractivity contribution in [3.63, 3.8) is 0 Å². The van der Waals surface area contributed by atoms with Crippen LogP contribution in [0.1, 0.15) is 12.8 Å². The quantitative estimate of drug-likeness (QED) is 0.489. The summed E-state index contributed by atoms with van der Waals surface area (Å²) in [5.74, 6) is 0. The number of nitro benzene ring substituents is 1. The number of nitrogens with zero attached hydrogens (tertiary/aromatic N) is 3. The maximum absolute atomic E-state index is 12.8. The second kappa shape index (κ2) is 8.52. The summed E-state index contributed by atoms with van der Waals surface area (Å²) in [5.41, 5.74) is -0.202. The number of morpholine rings is 1. The third kappa shape index (κ3) is 5.04. The summed E-state index contributed by atoms with van der Waals surface area (Å²) < 4.78 is 56.8. The maximum atomic E-state index is 12.8. The second-order valence-electron chi connectivity index (χ2n) is 7.06. The lowest BCUT2D eigenvalue weighted by atomic mass is 10.1. The van der Waals surface area contributed by atoms with Gasteiger partial charge in [0.25, 0.3) is 5.69 Å². The van der Waals surface area contributed by atoms with Gasteiger partial charge in [-0.15, -0.1) is 0 Å². The Balaban J connectivity index is 1.84. The maximum Gasteiger partial charge on any atom is 0.293 e. The SMILES string of the molecule is CS(=O)(=O)N1CCCC(Nc2ccc(S(=O)(=O)N3CCOCC3)cc2[N+](=O)[O-])C1. The number of benzene rings is 1. The lowest BCUT2D eigenvalue weighted by Crippen LogP contribution is -2.44. The smallest absolute Gasteiger partial charge is 0.293 e. The fraction of sp³-hybridized carbons (Fsp3) is 0.625. The number of sulfonamides is 2. The van der Waals surface area contributed by atoms with Crippen LogP contribution in [0.3, 0.4) is 0 Å². The molecule has 0 saturated carbocycles. The van der Waals surface area contributed by atoms with E-state index in [1.807, 2.05) is 0 Å². The molecule has 1 atom stereocenters. The summed E-state index contributed by atoms with van der Waals surface area (Å²) in [6, 6.07) is 3.44. The molecule has 3 rings (SSSR count). The van der Waals surface area contributed by atoms with Crippen LogP contribution in [0, 0.1) is 10.1 Å². The Morgan fingerprint density at radius 1 is 1.14 bits per heavy atom. The highest BCUT2D eigenvalue weighted by atomic mass is 32.2. The molecule has 162 valence electrons. The molecule has 2 saturated heterocycles. The molecule has 11 nitrogen and oxygen atoms in total. The number of hydrogen-bond acceptors (Lipinski definition) is 8. The molecule has 0 radical (unpaired) electrons. The van der Waals surface area contributed by atoms with Crippen molar-refractivity contribution in [1.29, 1.82) is 0 Å². The van der Waals surface area contributed by atoms with Gasteiger partial charge in [-0.2, -0.15) is 4.31 Å². The molecule has 1 aromatic rings.